The summed E-state index contributed by atoms with van der Waals surface area (Å²) in [4.78, 5) is 15.2. The minimum absolute atomic E-state index is 0.0168. The summed E-state index contributed by atoms with van der Waals surface area (Å²) in [6.45, 7) is 1.69. The molecule has 6 nitrogen and oxygen atoms in total. The Hall–Kier alpha value is -3.49. The Labute approximate surface area is 191 Å². The Balaban J connectivity index is 1.78. The topological polar surface area (TPSA) is 79.5 Å². The van der Waals surface area contributed by atoms with Gasteiger partial charge in [0.1, 0.15) is 16.5 Å². The number of aryl methyl sites for hydroxylation is 1. The SMILES string of the molecule is COc1ccc2cc(CN(Cc3ccc(C)cc3)S(=O)(=O)c3ccccc3F)c(=O)[nH]c2c1. The van der Waals surface area contributed by atoms with Gasteiger partial charge in [0.15, 0.2) is 0 Å². The lowest BCUT2D eigenvalue weighted by Crippen LogP contribution is -2.33. The van der Waals surface area contributed by atoms with Crippen LogP contribution in [0.25, 0.3) is 10.9 Å². The van der Waals surface area contributed by atoms with E-state index in [4.69, 9.17) is 4.74 Å². The van der Waals surface area contributed by atoms with Crippen LogP contribution in [0.5, 0.6) is 5.75 Å². The maximum absolute atomic E-state index is 14.4. The van der Waals surface area contributed by atoms with Crippen LogP contribution in [0.4, 0.5) is 4.39 Å². The van der Waals surface area contributed by atoms with Crippen LogP contribution in [-0.4, -0.2) is 24.8 Å². The number of hydrogen-bond donors (Lipinski definition) is 1. The lowest BCUT2D eigenvalue weighted by Gasteiger charge is -2.23. The van der Waals surface area contributed by atoms with Crippen LogP contribution in [0.15, 0.2) is 82.5 Å². The first-order valence-electron chi connectivity index (χ1n) is 10.3. The summed E-state index contributed by atoms with van der Waals surface area (Å²) < 4.78 is 47.7. The number of aromatic amines is 1. The van der Waals surface area contributed by atoms with Gasteiger partial charge in [-0.3, -0.25) is 4.79 Å². The Kier molecular flexibility index (Phi) is 6.31. The van der Waals surface area contributed by atoms with E-state index >= 15 is 0 Å². The van der Waals surface area contributed by atoms with E-state index in [0.29, 0.717) is 11.3 Å². The molecule has 0 radical (unpaired) electrons. The highest BCUT2D eigenvalue weighted by atomic mass is 32.2. The van der Waals surface area contributed by atoms with Gasteiger partial charge in [-0.25, -0.2) is 12.8 Å². The van der Waals surface area contributed by atoms with E-state index < -0.39 is 26.3 Å². The summed E-state index contributed by atoms with van der Waals surface area (Å²) in [5.74, 6) is -0.250. The monoisotopic (exact) mass is 466 g/mol. The second-order valence-electron chi connectivity index (χ2n) is 7.77. The van der Waals surface area contributed by atoms with Crippen LogP contribution in [0.1, 0.15) is 16.7 Å². The molecule has 0 aliphatic heterocycles. The quantitative estimate of drug-likeness (QED) is 0.439. The Morgan fingerprint density at radius 3 is 2.39 bits per heavy atom. The van der Waals surface area contributed by atoms with Gasteiger partial charge in [-0.2, -0.15) is 4.31 Å². The third kappa shape index (κ3) is 4.81. The number of nitrogens with zero attached hydrogens (tertiary/aromatic N) is 1. The van der Waals surface area contributed by atoms with Gasteiger partial charge in [-0.1, -0.05) is 42.0 Å². The van der Waals surface area contributed by atoms with Crippen molar-refractivity contribution in [3.8, 4) is 5.75 Å². The van der Waals surface area contributed by atoms with Crippen LogP contribution >= 0.6 is 0 Å². The molecule has 4 aromatic rings. The molecule has 33 heavy (non-hydrogen) atoms. The molecule has 0 amide bonds. The van der Waals surface area contributed by atoms with E-state index in [9.17, 15) is 17.6 Å². The van der Waals surface area contributed by atoms with Crippen molar-refractivity contribution in [1.29, 1.82) is 0 Å². The first-order chi connectivity index (χ1) is 15.8. The van der Waals surface area contributed by atoms with Crippen molar-refractivity contribution in [2.75, 3.05) is 7.11 Å². The number of fused-ring (bicyclic) bond motifs is 1. The summed E-state index contributed by atoms with van der Waals surface area (Å²) >= 11 is 0. The maximum atomic E-state index is 14.4. The molecule has 0 atom stereocenters. The average molecular weight is 467 g/mol. The van der Waals surface area contributed by atoms with Gasteiger partial charge < -0.3 is 9.72 Å². The fourth-order valence-corrected chi connectivity index (χ4v) is 5.05. The number of nitrogens with one attached hydrogen (secondary N) is 1. The van der Waals surface area contributed by atoms with Crippen molar-refractivity contribution in [2.24, 2.45) is 0 Å². The highest BCUT2D eigenvalue weighted by Crippen LogP contribution is 2.24. The molecule has 0 spiro atoms. The molecule has 1 N–H and O–H groups in total. The molecule has 0 unspecified atom stereocenters. The second kappa shape index (κ2) is 9.17. The lowest BCUT2D eigenvalue weighted by molar-refractivity contribution is 0.396. The van der Waals surface area contributed by atoms with Crippen molar-refractivity contribution in [3.63, 3.8) is 0 Å². The van der Waals surface area contributed by atoms with Crippen LogP contribution in [0.2, 0.25) is 0 Å². The summed E-state index contributed by atoms with van der Waals surface area (Å²) in [7, 11) is -2.70. The van der Waals surface area contributed by atoms with Crippen molar-refractivity contribution >= 4 is 20.9 Å². The molecule has 0 bridgehead atoms. The zero-order valence-electron chi connectivity index (χ0n) is 18.2. The molecule has 1 aromatic heterocycles. The van der Waals surface area contributed by atoms with Crippen molar-refractivity contribution in [1.82, 2.24) is 9.29 Å². The zero-order valence-corrected chi connectivity index (χ0v) is 19.0. The van der Waals surface area contributed by atoms with Gasteiger partial charge in [0.2, 0.25) is 10.0 Å². The molecule has 1 heterocycles. The minimum atomic E-state index is -4.23. The number of methoxy groups -OCH3 is 1. The van der Waals surface area contributed by atoms with Gasteiger partial charge in [0, 0.05) is 24.7 Å². The third-order valence-electron chi connectivity index (χ3n) is 5.41. The Morgan fingerprint density at radius 1 is 0.970 bits per heavy atom. The van der Waals surface area contributed by atoms with Crippen molar-refractivity contribution in [2.45, 2.75) is 24.9 Å². The summed E-state index contributed by atoms with van der Waals surface area (Å²) in [6, 6.07) is 19.5. The highest BCUT2D eigenvalue weighted by molar-refractivity contribution is 7.89. The van der Waals surface area contributed by atoms with E-state index in [1.807, 2.05) is 31.2 Å². The van der Waals surface area contributed by atoms with Crippen LogP contribution in [0, 0.1) is 12.7 Å². The predicted octanol–water partition coefficient (Wildman–Crippen LogP) is 4.38. The van der Waals surface area contributed by atoms with Crippen molar-refractivity contribution in [3.05, 3.63) is 106 Å². The van der Waals surface area contributed by atoms with E-state index in [1.54, 1.807) is 24.3 Å². The first kappa shape index (κ1) is 22.7. The number of aromatic nitrogens is 1. The molecular formula is C25H23FN2O4S. The van der Waals surface area contributed by atoms with Crippen LogP contribution in [-0.2, 0) is 23.1 Å². The first-order valence-corrected chi connectivity index (χ1v) is 11.7. The highest BCUT2D eigenvalue weighted by Gasteiger charge is 2.28. The van der Waals surface area contributed by atoms with Gasteiger partial charge in [-0.05, 0) is 48.2 Å². The molecule has 0 saturated carbocycles. The van der Waals surface area contributed by atoms with Gasteiger partial charge in [-0.15, -0.1) is 0 Å². The fraction of sp³-hybridized carbons (Fsp3) is 0.160. The number of ether oxygens (including phenoxy) is 1. The van der Waals surface area contributed by atoms with Crippen LogP contribution < -0.4 is 10.3 Å². The fourth-order valence-electron chi connectivity index (χ4n) is 3.58. The van der Waals surface area contributed by atoms with E-state index in [2.05, 4.69) is 4.98 Å². The molecule has 4 rings (SSSR count). The number of hydrogen-bond acceptors (Lipinski definition) is 4. The standard InChI is InChI=1S/C25H23FN2O4S/c1-17-7-9-18(10-8-17)15-28(33(30,31)24-6-4-3-5-22(24)26)16-20-13-19-11-12-21(32-2)14-23(19)27-25(20)29/h3-14H,15-16H2,1-2H3,(H,27,29). The van der Waals surface area contributed by atoms with Gasteiger partial charge in [0.25, 0.3) is 5.56 Å². The number of rotatable bonds is 7. The summed E-state index contributed by atoms with van der Waals surface area (Å²) in [5, 5.41) is 0.726. The van der Waals surface area contributed by atoms with E-state index in [-0.39, 0.29) is 18.7 Å². The summed E-state index contributed by atoms with van der Waals surface area (Å²) in [5.41, 5.74) is 2.16. The molecule has 0 fully saturated rings. The molecule has 0 saturated heterocycles. The predicted molar refractivity (Wildman–Crippen MR) is 125 cm³/mol. The number of H-pyrrole nitrogens is 1. The normalized spacial score (nSPS) is 11.8. The van der Waals surface area contributed by atoms with Crippen molar-refractivity contribution < 1.29 is 17.5 Å². The molecule has 0 aliphatic rings. The number of benzene rings is 3. The maximum Gasteiger partial charge on any atom is 0.252 e. The number of halogens is 1. The average Bonchev–Trinajstić information content (AvgIpc) is 2.80. The number of pyridine rings is 1. The largest absolute Gasteiger partial charge is 0.497 e. The van der Waals surface area contributed by atoms with E-state index in [1.165, 1.54) is 25.3 Å². The van der Waals surface area contributed by atoms with Gasteiger partial charge in [0.05, 0.1) is 12.6 Å². The molecule has 0 aliphatic carbocycles. The molecule has 8 heteroatoms. The van der Waals surface area contributed by atoms with E-state index in [0.717, 1.165) is 26.9 Å². The number of sulfonamides is 1. The molecular weight excluding hydrogens is 443 g/mol. The summed E-state index contributed by atoms with van der Waals surface area (Å²) in [6.07, 6.45) is 0. The minimum Gasteiger partial charge on any atom is -0.497 e. The lowest BCUT2D eigenvalue weighted by atomic mass is 10.1. The smallest absolute Gasteiger partial charge is 0.252 e. The molecule has 170 valence electrons. The Morgan fingerprint density at radius 2 is 1.70 bits per heavy atom. The third-order valence-corrected chi connectivity index (χ3v) is 7.24. The molecule has 3 aromatic carbocycles. The second-order valence-corrected chi connectivity index (χ2v) is 9.67. The van der Waals surface area contributed by atoms with Gasteiger partial charge >= 0.3 is 0 Å². The van der Waals surface area contributed by atoms with Crippen LogP contribution in [0.3, 0.4) is 0 Å². The zero-order chi connectivity index (χ0) is 23.6. The Bertz CT molecular complexity index is 1460.